The highest BCUT2D eigenvalue weighted by Gasteiger charge is 2.04. The summed E-state index contributed by atoms with van der Waals surface area (Å²) in [6.45, 7) is 3.08. The molecule has 0 saturated heterocycles. The normalized spacial score (nSPS) is 15.5. The lowest BCUT2D eigenvalue weighted by Crippen LogP contribution is -2.06. The van der Waals surface area contributed by atoms with Crippen molar-refractivity contribution >= 4 is 11.4 Å². The van der Waals surface area contributed by atoms with E-state index in [1.54, 1.807) is 5.57 Å². The predicted molar refractivity (Wildman–Crippen MR) is 75.2 cm³/mol. The molecule has 0 radical (unpaired) electrons. The molecule has 1 aromatic carbocycles. The summed E-state index contributed by atoms with van der Waals surface area (Å²) in [5.41, 5.74) is 10.7. The molecule has 0 atom stereocenters. The molecule has 0 fully saturated rings. The number of anilines is 2. The van der Waals surface area contributed by atoms with Crippen LogP contribution in [0.3, 0.4) is 0 Å². The number of hydrogen-bond acceptors (Lipinski definition) is 2. The molecule has 2 rings (SSSR count). The zero-order chi connectivity index (χ0) is 12.1. The second-order valence-corrected chi connectivity index (χ2v) is 4.88. The number of nitrogen functional groups attached to an aromatic ring is 1. The van der Waals surface area contributed by atoms with Crippen LogP contribution in [0.15, 0.2) is 29.8 Å². The van der Waals surface area contributed by atoms with Crippen molar-refractivity contribution in [2.24, 2.45) is 0 Å². The Morgan fingerprint density at radius 1 is 1.29 bits per heavy atom. The predicted octanol–water partition coefficient (Wildman–Crippen LogP) is 3.88. The fourth-order valence-corrected chi connectivity index (χ4v) is 2.31. The van der Waals surface area contributed by atoms with Gasteiger partial charge in [0.15, 0.2) is 0 Å². The van der Waals surface area contributed by atoms with Crippen LogP contribution in [0.2, 0.25) is 0 Å². The molecule has 17 heavy (non-hydrogen) atoms. The van der Waals surface area contributed by atoms with Gasteiger partial charge in [-0.2, -0.15) is 0 Å². The van der Waals surface area contributed by atoms with Gasteiger partial charge in [-0.1, -0.05) is 17.7 Å². The average Bonchev–Trinajstić information content (AvgIpc) is 2.35. The Morgan fingerprint density at radius 3 is 2.94 bits per heavy atom. The molecule has 0 heterocycles. The van der Waals surface area contributed by atoms with Crippen LogP contribution in [0.5, 0.6) is 0 Å². The molecule has 0 bridgehead atoms. The van der Waals surface area contributed by atoms with Crippen molar-refractivity contribution in [3.8, 4) is 0 Å². The zero-order valence-corrected chi connectivity index (χ0v) is 10.6. The lowest BCUT2D eigenvalue weighted by atomic mass is 9.97. The minimum Gasteiger partial charge on any atom is -0.397 e. The summed E-state index contributed by atoms with van der Waals surface area (Å²) >= 11 is 0. The molecule has 0 amide bonds. The Kier molecular flexibility index (Phi) is 4.08. The van der Waals surface area contributed by atoms with Crippen LogP contribution >= 0.6 is 0 Å². The van der Waals surface area contributed by atoms with Crippen LogP contribution in [0, 0.1) is 6.92 Å². The molecular formula is C15H22N2. The Morgan fingerprint density at radius 2 is 2.18 bits per heavy atom. The van der Waals surface area contributed by atoms with E-state index in [0.29, 0.717) is 0 Å². The highest BCUT2D eigenvalue weighted by Crippen LogP contribution is 2.22. The van der Waals surface area contributed by atoms with Gasteiger partial charge >= 0.3 is 0 Å². The third kappa shape index (κ3) is 3.52. The summed E-state index contributed by atoms with van der Waals surface area (Å²) in [5, 5.41) is 3.44. The molecule has 0 unspecified atom stereocenters. The van der Waals surface area contributed by atoms with E-state index in [9.17, 15) is 0 Å². The largest absolute Gasteiger partial charge is 0.397 e. The van der Waals surface area contributed by atoms with Crippen molar-refractivity contribution < 1.29 is 0 Å². The molecule has 2 heteroatoms. The van der Waals surface area contributed by atoms with Gasteiger partial charge in [0, 0.05) is 6.54 Å². The number of nitrogens with one attached hydrogen (secondary N) is 1. The van der Waals surface area contributed by atoms with Crippen molar-refractivity contribution in [1.29, 1.82) is 0 Å². The standard InChI is InChI=1S/C15H22N2/c1-12-7-8-14(16)15(11-12)17-10-9-13-5-3-2-4-6-13/h5,7-8,11,17H,2-4,6,9-10,16H2,1H3. The highest BCUT2D eigenvalue weighted by atomic mass is 14.9. The third-order valence-corrected chi connectivity index (χ3v) is 3.36. The summed E-state index contributed by atoms with van der Waals surface area (Å²) < 4.78 is 0. The van der Waals surface area contributed by atoms with Gasteiger partial charge in [-0.05, 0) is 56.7 Å². The monoisotopic (exact) mass is 230 g/mol. The van der Waals surface area contributed by atoms with Crippen LogP contribution in [0.25, 0.3) is 0 Å². The number of aryl methyl sites for hydroxylation is 1. The van der Waals surface area contributed by atoms with E-state index in [0.717, 1.165) is 24.3 Å². The van der Waals surface area contributed by atoms with Gasteiger partial charge in [0.05, 0.1) is 11.4 Å². The maximum atomic E-state index is 5.93. The zero-order valence-electron chi connectivity index (χ0n) is 10.6. The van der Waals surface area contributed by atoms with E-state index in [1.165, 1.54) is 31.2 Å². The minimum absolute atomic E-state index is 0.841. The lowest BCUT2D eigenvalue weighted by Gasteiger charge is -2.14. The van der Waals surface area contributed by atoms with Gasteiger partial charge in [-0.15, -0.1) is 0 Å². The molecule has 92 valence electrons. The van der Waals surface area contributed by atoms with E-state index in [-0.39, 0.29) is 0 Å². The molecule has 0 aliphatic heterocycles. The summed E-state index contributed by atoms with van der Waals surface area (Å²) in [4.78, 5) is 0. The molecule has 0 spiro atoms. The number of benzene rings is 1. The second-order valence-electron chi connectivity index (χ2n) is 4.88. The van der Waals surface area contributed by atoms with Crippen LogP contribution < -0.4 is 11.1 Å². The Balaban J connectivity index is 1.85. The van der Waals surface area contributed by atoms with Gasteiger partial charge in [0.2, 0.25) is 0 Å². The Hall–Kier alpha value is -1.44. The number of nitrogens with two attached hydrogens (primary N) is 1. The van der Waals surface area contributed by atoms with Crippen LogP contribution in [-0.4, -0.2) is 6.54 Å². The van der Waals surface area contributed by atoms with Crippen LogP contribution in [0.1, 0.15) is 37.7 Å². The van der Waals surface area contributed by atoms with Crippen LogP contribution in [-0.2, 0) is 0 Å². The first-order valence-electron chi connectivity index (χ1n) is 6.53. The number of hydrogen-bond donors (Lipinski definition) is 2. The van der Waals surface area contributed by atoms with Crippen molar-refractivity contribution in [2.45, 2.75) is 39.0 Å². The average molecular weight is 230 g/mol. The molecule has 0 saturated carbocycles. The molecule has 0 aromatic heterocycles. The van der Waals surface area contributed by atoms with Crippen molar-refractivity contribution in [3.05, 3.63) is 35.4 Å². The maximum absolute atomic E-state index is 5.93. The fourth-order valence-electron chi connectivity index (χ4n) is 2.31. The minimum atomic E-state index is 0.841. The fraction of sp³-hybridized carbons (Fsp3) is 0.467. The van der Waals surface area contributed by atoms with Gasteiger partial charge in [-0.25, -0.2) is 0 Å². The smallest absolute Gasteiger partial charge is 0.0576 e. The first-order valence-corrected chi connectivity index (χ1v) is 6.53. The molecule has 2 nitrogen and oxygen atoms in total. The molecular weight excluding hydrogens is 208 g/mol. The Bertz CT molecular complexity index is 407. The first-order chi connectivity index (χ1) is 8.25. The highest BCUT2D eigenvalue weighted by molar-refractivity contribution is 5.66. The quantitative estimate of drug-likeness (QED) is 0.608. The van der Waals surface area contributed by atoms with Crippen molar-refractivity contribution in [3.63, 3.8) is 0 Å². The summed E-state index contributed by atoms with van der Waals surface area (Å²) in [7, 11) is 0. The van der Waals surface area contributed by atoms with E-state index >= 15 is 0 Å². The van der Waals surface area contributed by atoms with Gasteiger partial charge in [-0.3, -0.25) is 0 Å². The van der Waals surface area contributed by atoms with E-state index in [1.807, 2.05) is 12.1 Å². The third-order valence-electron chi connectivity index (χ3n) is 3.36. The molecule has 1 aliphatic carbocycles. The number of allylic oxidation sites excluding steroid dienone is 1. The van der Waals surface area contributed by atoms with Crippen LogP contribution in [0.4, 0.5) is 11.4 Å². The van der Waals surface area contributed by atoms with E-state index in [2.05, 4.69) is 24.4 Å². The summed E-state index contributed by atoms with van der Waals surface area (Å²) in [6.07, 6.45) is 8.82. The van der Waals surface area contributed by atoms with Crippen molar-refractivity contribution in [1.82, 2.24) is 0 Å². The van der Waals surface area contributed by atoms with Gasteiger partial charge in [0.1, 0.15) is 0 Å². The van der Waals surface area contributed by atoms with Gasteiger partial charge in [0.25, 0.3) is 0 Å². The van der Waals surface area contributed by atoms with Gasteiger partial charge < -0.3 is 11.1 Å². The van der Waals surface area contributed by atoms with Crippen molar-refractivity contribution in [2.75, 3.05) is 17.6 Å². The van der Waals surface area contributed by atoms with E-state index < -0.39 is 0 Å². The summed E-state index contributed by atoms with van der Waals surface area (Å²) in [5.74, 6) is 0. The SMILES string of the molecule is Cc1ccc(N)c(NCCC2=CCCCC2)c1. The molecule has 1 aliphatic rings. The topological polar surface area (TPSA) is 38.0 Å². The first kappa shape index (κ1) is 12.0. The second kappa shape index (κ2) is 5.76. The maximum Gasteiger partial charge on any atom is 0.0576 e. The Labute approximate surface area is 104 Å². The summed E-state index contributed by atoms with van der Waals surface area (Å²) in [6, 6.07) is 6.13. The molecule has 3 N–H and O–H groups in total. The van der Waals surface area contributed by atoms with E-state index in [4.69, 9.17) is 5.73 Å². The molecule has 1 aromatic rings. The lowest BCUT2D eigenvalue weighted by molar-refractivity contribution is 0.679. The number of rotatable bonds is 4.